The molecular weight excluding hydrogens is 330 g/mol. The van der Waals surface area contributed by atoms with Crippen molar-refractivity contribution >= 4 is 22.8 Å². The second kappa shape index (κ2) is 7.94. The smallest absolute Gasteiger partial charge is 0.310 e. The number of hydrogen-bond acceptors (Lipinski definition) is 4. The summed E-state index contributed by atoms with van der Waals surface area (Å²) in [6, 6.07) is 4.17. The molecule has 5 nitrogen and oxygen atoms in total. The van der Waals surface area contributed by atoms with E-state index in [1.807, 2.05) is 26.0 Å². The van der Waals surface area contributed by atoms with E-state index in [9.17, 15) is 9.59 Å². The molecule has 1 aliphatic carbocycles. The molecule has 5 heteroatoms. The third-order valence-corrected chi connectivity index (χ3v) is 5.50. The van der Waals surface area contributed by atoms with Crippen molar-refractivity contribution in [1.82, 2.24) is 5.32 Å². The van der Waals surface area contributed by atoms with E-state index in [0.29, 0.717) is 5.92 Å². The fraction of sp³-hybridized carbons (Fsp3) is 0.524. The van der Waals surface area contributed by atoms with Crippen LogP contribution in [-0.4, -0.2) is 24.5 Å². The number of ether oxygens (including phenoxy) is 1. The van der Waals surface area contributed by atoms with E-state index in [1.54, 1.807) is 6.26 Å². The van der Waals surface area contributed by atoms with Gasteiger partial charge in [0, 0.05) is 17.0 Å². The molecule has 1 N–H and O–H groups in total. The Bertz CT molecular complexity index is 808. The predicted molar refractivity (Wildman–Crippen MR) is 99.9 cm³/mol. The Morgan fingerprint density at radius 3 is 2.77 bits per heavy atom. The molecule has 1 heterocycles. The van der Waals surface area contributed by atoms with Crippen molar-refractivity contribution in [2.24, 2.45) is 5.92 Å². The number of benzene rings is 1. The zero-order valence-electron chi connectivity index (χ0n) is 15.8. The molecule has 2 aromatic rings. The summed E-state index contributed by atoms with van der Waals surface area (Å²) in [5, 5.41) is 3.91. The summed E-state index contributed by atoms with van der Waals surface area (Å²) in [6.07, 6.45) is 6.20. The summed E-state index contributed by atoms with van der Waals surface area (Å²) in [4.78, 5) is 24.2. The minimum Gasteiger partial charge on any atom is -0.464 e. The molecule has 1 amide bonds. The van der Waals surface area contributed by atoms with Crippen molar-refractivity contribution in [3.63, 3.8) is 0 Å². The molecule has 0 unspecified atom stereocenters. The number of aryl methyl sites for hydroxylation is 2. The molecule has 26 heavy (non-hydrogen) atoms. The zero-order chi connectivity index (χ0) is 18.7. The lowest BCUT2D eigenvalue weighted by Crippen LogP contribution is -2.42. The van der Waals surface area contributed by atoms with Crippen LogP contribution < -0.4 is 5.32 Å². The molecule has 0 spiro atoms. The first-order valence-electron chi connectivity index (χ1n) is 9.37. The fourth-order valence-corrected chi connectivity index (χ4v) is 3.66. The maximum absolute atomic E-state index is 12.1. The molecule has 3 rings (SSSR count). The van der Waals surface area contributed by atoms with E-state index in [0.717, 1.165) is 46.9 Å². The first-order chi connectivity index (χ1) is 12.5. The van der Waals surface area contributed by atoms with Crippen molar-refractivity contribution in [1.29, 1.82) is 0 Å². The maximum atomic E-state index is 12.1. The molecule has 1 aliphatic rings. The van der Waals surface area contributed by atoms with Crippen LogP contribution in [0, 0.1) is 19.8 Å². The monoisotopic (exact) mass is 357 g/mol. The van der Waals surface area contributed by atoms with Gasteiger partial charge in [0.15, 0.2) is 6.61 Å². The lowest BCUT2D eigenvalue weighted by Gasteiger charge is -2.29. The standard InChI is InChI=1S/C21H27NO4/c1-13-8-9-17-16(11-26-21(17)15(13)3)10-20(24)25-12-19(23)22-18-7-5-4-6-14(18)2/h8-9,11,14,18H,4-7,10,12H2,1-3H3,(H,22,23)/t14-,18+/m1/s1. The minimum absolute atomic E-state index is 0.0998. The Morgan fingerprint density at radius 1 is 1.23 bits per heavy atom. The number of esters is 1. The Hall–Kier alpha value is -2.30. The highest BCUT2D eigenvalue weighted by atomic mass is 16.5. The van der Waals surface area contributed by atoms with Gasteiger partial charge < -0.3 is 14.5 Å². The molecular formula is C21H27NO4. The molecule has 1 fully saturated rings. The number of fused-ring (bicyclic) bond motifs is 1. The zero-order valence-corrected chi connectivity index (χ0v) is 15.8. The average Bonchev–Trinajstić information content (AvgIpc) is 3.02. The maximum Gasteiger partial charge on any atom is 0.310 e. The normalized spacial score (nSPS) is 20.1. The van der Waals surface area contributed by atoms with E-state index < -0.39 is 5.97 Å². The quantitative estimate of drug-likeness (QED) is 0.826. The lowest BCUT2D eigenvalue weighted by molar-refractivity contribution is -0.148. The summed E-state index contributed by atoms with van der Waals surface area (Å²) in [7, 11) is 0. The van der Waals surface area contributed by atoms with Gasteiger partial charge in [-0.3, -0.25) is 9.59 Å². The van der Waals surface area contributed by atoms with Crippen LogP contribution in [0.4, 0.5) is 0 Å². The second-order valence-corrected chi connectivity index (χ2v) is 7.42. The number of furan rings is 1. The van der Waals surface area contributed by atoms with E-state index in [4.69, 9.17) is 9.15 Å². The molecule has 0 bridgehead atoms. The molecule has 1 aromatic carbocycles. The van der Waals surface area contributed by atoms with Crippen LogP contribution in [0.3, 0.4) is 0 Å². The number of hydrogen-bond donors (Lipinski definition) is 1. The molecule has 2 atom stereocenters. The van der Waals surface area contributed by atoms with Gasteiger partial charge in [-0.25, -0.2) is 0 Å². The van der Waals surface area contributed by atoms with Crippen LogP contribution >= 0.6 is 0 Å². The first-order valence-corrected chi connectivity index (χ1v) is 9.37. The van der Waals surface area contributed by atoms with E-state index in [2.05, 4.69) is 12.2 Å². The number of carbonyl (C=O) groups excluding carboxylic acids is 2. The van der Waals surface area contributed by atoms with E-state index in [1.165, 1.54) is 6.42 Å². The van der Waals surface area contributed by atoms with Gasteiger partial charge in [0.05, 0.1) is 12.7 Å². The molecule has 0 saturated heterocycles. The fourth-order valence-electron chi connectivity index (χ4n) is 3.66. The van der Waals surface area contributed by atoms with Gasteiger partial charge in [0.2, 0.25) is 0 Å². The summed E-state index contributed by atoms with van der Waals surface area (Å²) < 4.78 is 10.8. The van der Waals surface area contributed by atoms with Gasteiger partial charge in [-0.2, -0.15) is 0 Å². The predicted octanol–water partition coefficient (Wildman–Crippen LogP) is 3.83. The topological polar surface area (TPSA) is 68.5 Å². The van der Waals surface area contributed by atoms with Gasteiger partial charge in [-0.15, -0.1) is 0 Å². The Balaban J connectivity index is 1.53. The van der Waals surface area contributed by atoms with Crippen LogP contribution in [0.25, 0.3) is 11.0 Å². The molecule has 140 valence electrons. The van der Waals surface area contributed by atoms with Crippen molar-refractivity contribution < 1.29 is 18.7 Å². The molecule has 0 aliphatic heterocycles. The lowest BCUT2D eigenvalue weighted by atomic mass is 9.86. The Morgan fingerprint density at radius 2 is 2.00 bits per heavy atom. The third kappa shape index (κ3) is 4.09. The van der Waals surface area contributed by atoms with Crippen LogP contribution in [0.2, 0.25) is 0 Å². The summed E-state index contributed by atoms with van der Waals surface area (Å²) in [5.41, 5.74) is 3.81. The first kappa shape index (κ1) is 18.5. The second-order valence-electron chi connectivity index (χ2n) is 7.42. The van der Waals surface area contributed by atoms with Crippen LogP contribution in [0.5, 0.6) is 0 Å². The average molecular weight is 357 g/mol. The van der Waals surface area contributed by atoms with Crippen LogP contribution in [0.1, 0.15) is 49.3 Å². The highest BCUT2D eigenvalue weighted by molar-refractivity contribution is 5.89. The number of amides is 1. The van der Waals surface area contributed by atoms with E-state index in [-0.39, 0.29) is 25.0 Å². The van der Waals surface area contributed by atoms with Gasteiger partial charge in [-0.05, 0) is 43.7 Å². The third-order valence-electron chi connectivity index (χ3n) is 5.50. The van der Waals surface area contributed by atoms with Crippen molar-refractivity contribution in [2.75, 3.05) is 6.61 Å². The minimum atomic E-state index is -0.419. The van der Waals surface area contributed by atoms with Crippen molar-refractivity contribution in [3.05, 3.63) is 35.1 Å². The summed E-state index contributed by atoms with van der Waals surface area (Å²) in [6.45, 7) is 5.96. The van der Waals surface area contributed by atoms with Crippen molar-refractivity contribution in [3.8, 4) is 0 Å². The van der Waals surface area contributed by atoms with Gasteiger partial charge in [0.1, 0.15) is 5.58 Å². The number of rotatable bonds is 5. The Kier molecular flexibility index (Phi) is 5.64. The van der Waals surface area contributed by atoms with Crippen molar-refractivity contribution in [2.45, 2.75) is 58.9 Å². The van der Waals surface area contributed by atoms with Gasteiger partial charge in [0.25, 0.3) is 5.91 Å². The number of carbonyl (C=O) groups is 2. The highest BCUT2D eigenvalue weighted by Crippen LogP contribution is 2.27. The number of nitrogens with one attached hydrogen (secondary N) is 1. The van der Waals surface area contributed by atoms with Crippen LogP contribution in [0.15, 0.2) is 22.8 Å². The van der Waals surface area contributed by atoms with Gasteiger partial charge >= 0.3 is 5.97 Å². The molecule has 1 saturated carbocycles. The summed E-state index contributed by atoms with van der Waals surface area (Å²) in [5.74, 6) is -0.161. The highest BCUT2D eigenvalue weighted by Gasteiger charge is 2.23. The molecule has 0 radical (unpaired) electrons. The SMILES string of the molecule is Cc1ccc2c(CC(=O)OCC(=O)N[C@H]3CCCC[C@H]3C)coc2c1C. The largest absolute Gasteiger partial charge is 0.464 e. The Labute approximate surface area is 154 Å². The van der Waals surface area contributed by atoms with Gasteiger partial charge in [-0.1, -0.05) is 31.9 Å². The van der Waals surface area contributed by atoms with E-state index >= 15 is 0 Å². The van der Waals surface area contributed by atoms with Crippen LogP contribution in [-0.2, 0) is 20.7 Å². The summed E-state index contributed by atoms with van der Waals surface area (Å²) >= 11 is 0. The molecule has 1 aromatic heterocycles.